The minimum atomic E-state index is -4.43. The lowest BCUT2D eigenvalue weighted by Gasteiger charge is -2.12. The Morgan fingerprint density at radius 2 is 1.81 bits per heavy atom. The van der Waals surface area contributed by atoms with Gasteiger partial charge in [-0.3, -0.25) is 4.79 Å². The van der Waals surface area contributed by atoms with Gasteiger partial charge in [0.2, 0.25) is 5.91 Å². The van der Waals surface area contributed by atoms with Crippen LogP contribution in [0.1, 0.15) is 37.9 Å². The number of methoxy groups -OCH3 is 1. The average molecular weight is 496 g/mol. The number of aryl methyl sites for hydroxylation is 1. The molecule has 0 radical (unpaired) electrons. The number of nitrogens with zero attached hydrogens (tertiary/aromatic N) is 2. The summed E-state index contributed by atoms with van der Waals surface area (Å²) in [6.45, 7) is 3.96. The smallest absolute Gasteiger partial charge is 0.416 e. The van der Waals surface area contributed by atoms with Crippen LogP contribution in [0, 0.1) is 0 Å². The van der Waals surface area contributed by atoms with Gasteiger partial charge in [0, 0.05) is 24.2 Å². The summed E-state index contributed by atoms with van der Waals surface area (Å²) in [6, 6.07) is 16.4. The van der Waals surface area contributed by atoms with E-state index in [2.05, 4.69) is 5.32 Å². The fourth-order valence-electron chi connectivity index (χ4n) is 4.06. The monoisotopic (exact) mass is 495 g/mol. The summed E-state index contributed by atoms with van der Waals surface area (Å²) in [5.74, 6) is 0.611. The van der Waals surface area contributed by atoms with Crippen molar-refractivity contribution in [1.29, 1.82) is 0 Å². The molecule has 2 aromatic carbocycles. The first-order valence-electron chi connectivity index (χ1n) is 11.8. The number of carbonyl (C=O) groups is 1. The molecule has 188 valence electrons. The molecule has 1 amide bonds. The van der Waals surface area contributed by atoms with E-state index < -0.39 is 11.7 Å². The minimum Gasteiger partial charge on any atom is -0.497 e. The van der Waals surface area contributed by atoms with Gasteiger partial charge in [0.25, 0.3) is 0 Å². The Labute approximate surface area is 207 Å². The summed E-state index contributed by atoms with van der Waals surface area (Å²) in [6.07, 6.45) is -1.16. The number of nitrogens with one attached hydrogen (secondary N) is 1. The van der Waals surface area contributed by atoms with Gasteiger partial charge in [-0.15, -0.1) is 0 Å². The third-order valence-electron chi connectivity index (χ3n) is 6.19. The number of fused-ring (bicyclic) bond motifs is 1. The summed E-state index contributed by atoms with van der Waals surface area (Å²) in [5, 5.41) is 2.98. The number of rotatable bonds is 8. The summed E-state index contributed by atoms with van der Waals surface area (Å²) in [4.78, 5) is 17.3. The van der Waals surface area contributed by atoms with Crippen LogP contribution in [-0.4, -0.2) is 28.4 Å². The first-order valence-corrected chi connectivity index (χ1v) is 11.8. The first-order chi connectivity index (χ1) is 17.2. The standard InChI is InChI=1S/C28H28F3N3O2/c1-4-18(2)32-26(35)14-12-24-27(20-8-6-10-23(16-20)36-3)33-25-13-11-21(17-34(24)25)19-7-5-9-22(15-19)28(29,30)31/h5-11,13,15-18H,4,12,14H2,1-3H3,(H,32,35). The van der Waals surface area contributed by atoms with Gasteiger partial charge in [0.1, 0.15) is 11.4 Å². The molecule has 4 aromatic rings. The van der Waals surface area contributed by atoms with Gasteiger partial charge in [0.15, 0.2) is 0 Å². The van der Waals surface area contributed by atoms with Gasteiger partial charge in [-0.1, -0.05) is 31.2 Å². The van der Waals surface area contributed by atoms with Gasteiger partial charge < -0.3 is 14.5 Å². The molecule has 8 heteroatoms. The lowest BCUT2D eigenvalue weighted by atomic mass is 10.0. The lowest BCUT2D eigenvalue weighted by molar-refractivity contribution is -0.137. The Kier molecular flexibility index (Phi) is 7.33. The van der Waals surface area contributed by atoms with E-state index in [4.69, 9.17) is 9.72 Å². The zero-order valence-corrected chi connectivity index (χ0v) is 20.4. The quantitative estimate of drug-likeness (QED) is 0.302. The largest absolute Gasteiger partial charge is 0.497 e. The molecule has 0 aliphatic carbocycles. The number of imidazole rings is 1. The molecule has 36 heavy (non-hydrogen) atoms. The highest BCUT2D eigenvalue weighted by molar-refractivity contribution is 5.77. The number of alkyl halides is 3. The Balaban J connectivity index is 1.79. The van der Waals surface area contributed by atoms with Gasteiger partial charge in [-0.25, -0.2) is 4.98 Å². The van der Waals surface area contributed by atoms with Crippen molar-refractivity contribution in [3.05, 3.63) is 78.1 Å². The van der Waals surface area contributed by atoms with Crippen LogP contribution >= 0.6 is 0 Å². The second-order valence-electron chi connectivity index (χ2n) is 8.74. The topological polar surface area (TPSA) is 55.6 Å². The summed E-state index contributed by atoms with van der Waals surface area (Å²) in [5.41, 5.74) is 3.33. The SMILES string of the molecule is CCC(C)NC(=O)CCc1c(-c2cccc(OC)c2)nc2ccc(-c3cccc(C(F)(F)F)c3)cn12. The Morgan fingerprint density at radius 3 is 2.53 bits per heavy atom. The number of pyridine rings is 1. The molecule has 1 N–H and O–H groups in total. The Morgan fingerprint density at radius 1 is 1.06 bits per heavy atom. The Bertz CT molecular complexity index is 1380. The van der Waals surface area contributed by atoms with Crippen LogP contribution in [0.5, 0.6) is 5.75 Å². The third-order valence-corrected chi connectivity index (χ3v) is 6.19. The average Bonchev–Trinajstić information content (AvgIpc) is 3.24. The van der Waals surface area contributed by atoms with Crippen molar-refractivity contribution < 1.29 is 22.7 Å². The van der Waals surface area contributed by atoms with Crippen molar-refractivity contribution in [2.24, 2.45) is 0 Å². The molecule has 1 atom stereocenters. The number of aromatic nitrogens is 2. The van der Waals surface area contributed by atoms with Crippen LogP contribution in [-0.2, 0) is 17.4 Å². The fourth-order valence-corrected chi connectivity index (χ4v) is 4.06. The van der Waals surface area contributed by atoms with Crippen LogP contribution < -0.4 is 10.1 Å². The zero-order valence-electron chi connectivity index (χ0n) is 20.4. The van der Waals surface area contributed by atoms with Crippen molar-refractivity contribution in [2.75, 3.05) is 7.11 Å². The van der Waals surface area contributed by atoms with Crippen LogP contribution in [0.4, 0.5) is 13.2 Å². The molecule has 2 aromatic heterocycles. The number of amides is 1. The second-order valence-corrected chi connectivity index (χ2v) is 8.74. The van der Waals surface area contributed by atoms with E-state index >= 15 is 0 Å². The molecule has 0 saturated heterocycles. The molecule has 4 rings (SSSR count). The van der Waals surface area contributed by atoms with Gasteiger partial charge in [-0.05, 0) is 67.3 Å². The van der Waals surface area contributed by atoms with Gasteiger partial charge in [-0.2, -0.15) is 13.2 Å². The maximum Gasteiger partial charge on any atom is 0.416 e. The minimum absolute atomic E-state index is 0.0649. The predicted molar refractivity (Wildman–Crippen MR) is 134 cm³/mol. The number of carbonyl (C=O) groups excluding carboxylic acids is 1. The number of halogens is 3. The van der Waals surface area contributed by atoms with Gasteiger partial charge in [0.05, 0.1) is 24.1 Å². The van der Waals surface area contributed by atoms with Crippen LogP contribution in [0.2, 0.25) is 0 Å². The van der Waals surface area contributed by atoms with Crippen LogP contribution in [0.25, 0.3) is 28.0 Å². The highest BCUT2D eigenvalue weighted by Gasteiger charge is 2.30. The molecular weight excluding hydrogens is 467 g/mol. The molecule has 0 aliphatic heterocycles. The normalized spacial score (nSPS) is 12.5. The van der Waals surface area contributed by atoms with E-state index in [1.807, 2.05) is 42.5 Å². The molecule has 0 aliphatic rings. The molecule has 0 spiro atoms. The second kappa shape index (κ2) is 10.4. The number of hydrogen-bond acceptors (Lipinski definition) is 3. The van der Waals surface area contributed by atoms with E-state index in [0.29, 0.717) is 34.6 Å². The number of ether oxygens (including phenoxy) is 1. The summed E-state index contributed by atoms with van der Waals surface area (Å²) >= 11 is 0. The fraction of sp³-hybridized carbons (Fsp3) is 0.286. The van der Waals surface area contributed by atoms with E-state index in [1.54, 1.807) is 31.5 Å². The lowest BCUT2D eigenvalue weighted by Crippen LogP contribution is -2.32. The number of hydrogen-bond donors (Lipinski definition) is 1. The highest BCUT2D eigenvalue weighted by Crippen LogP contribution is 2.33. The van der Waals surface area contributed by atoms with Crippen molar-refractivity contribution in [3.63, 3.8) is 0 Å². The van der Waals surface area contributed by atoms with Crippen molar-refractivity contribution in [3.8, 4) is 28.1 Å². The molecular formula is C28H28F3N3O2. The Hall–Kier alpha value is -3.81. The first kappa shape index (κ1) is 25.3. The summed E-state index contributed by atoms with van der Waals surface area (Å²) in [7, 11) is 1.59. The molecule has 5 nitrogen and oxygen atoms in total. The zero-order chi connectivity index (χ0) is 25.9. The van der Waals surface area contributed by atoms with E-state index in [0.717, 1.165) is 29.8 Å². The summed E-state index contributed by atoms with van der Waals surface area (Å²) < 4.78 is 47.1. The van der Waals surface area contributed by atoms with E-state index in [1.165, 1.54) is 6.07 Å². The number of benzene rings is 2. The van der Waals surface area contributed by atoms with E-state index in [9.17, 15) is 18.0 Å². The maximum atomic E-state index is 13.3. The molecule has 0 bridgehead atoms. The molecule has 2 heterocycles. The highest BCUT2D eigenvalue weighted by atomic mass is 19.4. The van der Waals surface area contributed by atoms with E-state index in [-0.39, 0.29) is 18.4 Å². The third kappa shape index (κ3) is 5.53. The van der Waals surface area contributed by atoms with Gasteiger partial charge >= 0.3 is 6.18 Å². The molecule has 0 fully saturated rings. The molecule has 0 saturated carbocycles. The molecule has 1 unspecified atom stereocenters. The van der Waals surface area contributed by atoms with Crippen molar-refractivity contribution in [1.82, 2.24) is 14.7 Å². The van der Waals surface area contributed by atoms with Crippen LogP contribution in [0.15, 0.2) is 66.9 Å². The predicted octanol–water partition coefficient (Wildman–Crippen LogP) is 6.54. The maximum absolute atomic E-state index is 13.3. The van der Waals surface area contributed by atoms with Crippen molar-refractivity contribution >= 4 is 11.6 Å². The van der Waals surface area contributed by atoms with Crippen molar-refractivity contribution in [2.45, 2.75) is 45.3 Å². The van der Waals surface area contributed by atoms with Crippen LogP contribution in [0.3, 0.4) is 0 Å².